The van der Waals surface area contributed by atoms with E-state index in [2.05, 4.69) is 15.9 Å². The minimum atomic E-state index is -0.936. The summed E-state index contributed by atoms with van der Waals surface area (Å²) in [6.07, 6.45) is -0.936. The number of aliphatic hydroxyl groups is 1. The highest BCUT2D eigenvalue weighted by atomic mass is 79.9. The summed E-state index contributed by atoms with van der Waals surface area (Å²) in [6, 6.07) is 7.72. The fourth-order valence-electron chi connectivity index (χ4n) is 2.04. The molecule has 1 unspecified atom stereocenters. The number of hydrogen-bond donors (Lipinski definition) is 1. The van der Waals surface area contributed by atoms with Crippen LogP contribution < -0.4 is 0 Å². The van der Waals surface area contributed by atoms with Gasteiger partial charge in [0.25, 0.3) is 0 Å². The van der Waals surface area contributed by atoms with Crippen LogP contribution >= 0.6 is 27.5 Å². The van der Waals surface area contributed by atoms with E-state index >= 15 is 0 Å². The van der Waals surface area contributed by atoms with Gasteiger partial charge in [0, 0.05) is 15.1 Å². The van der Waals surface area contributed by atoms with Crippen molar-refractivity contribution < 1.29 is 9.50 Å². The van der Waals surface area contributed by atoms with E-state index in [-0.39, 0.29) is 0 Å². The van der Waals surface area contributed by atoms with Crippen molar-refractivity contribution in [2.45, 2.75) is 20.0 Å². The van der Waals surface area contributed by atoms with E-state index in [1.807, 2.05) is 26.0 Å². The molecule has 0 aliphatic rings. The van der Waals surface area contributed by atoms with Crippen molar-refractivity contribution in [2.24, 2.45) is 0 Å². The van der Waals surface area contributed by atoms with Gasteiger partial charge in [0.2, 0.25) is 0 Å². The van der Waals surface area contributed by atoms with Crippen molar-refractivity contribution in [1.29, 1.82) is 0 Å². The normalized spacial score (nSPS) is 12.5. The van der Waals surface area contributed by atoms with Crippen molar-refractivity contribution in [3.8, 4) is 0 Å². The Balaban J connectivity index is 2.49. The molecule has 0 saturated carbocycles. The first-order valence-corrected chi connectivity index (χ1v) is 6.97. The van der Waals surface area contributed by atoms with E-state index in [4.69, 9.17) is 11.6 Å². The zero-order chi connectivity index (χ0) is 14.2. The molecule has 0 aromatic heterocycles. The molecule has 2 aromatic rings. The molecule has 0 radical (unpaired) electrons. The molecule has 1 nitrogen and oxygen atoms in total. The lowest BCUT2D eigenvalue weighted by Gasteiger charge is -2.16. The van der Waals surface area contributed by atoms with Crippen molar-refractivity contribution >= 4 is 27.5 Å². The summed E-state index contributed by atoms with van der Waals surface area (Å²) in [4.78, 5) is 0. The topological polar surface area (TPSA) is 20.2 Å². The average Bonchev–Trinajstić information content (AvgIpc) is 2.37. The minimum absolute atomic E-state index is 0.354. The fourth-order valence-corrected chi connectivity index (χ4v) is 2.49. The second-order valence-corrected chi connectivity index (χ2v) is 5.74. The van der Waals surface area contributed by atoms with Gasteiger partial charge < -0.3 is 5.11 Å². The van der Waals surface area contributed by atoms with Crippen LogP contribution in [0.2, 0.25) is 5.02 Å². The maximum Gasteiger partial charge on any atom is 0.123 e. The highest BCUT2D eigenvalue weighted by molar-refractivity contribution is 9.10. The summed E-state index contributed by atoms with van der Waals surface area (Å²) < 4.78 is 14.3. The quantitative estimate of drug-likeness (QED) is 0.819. The van der Waals surface area contributed by atoms with E-state index in [0.29, 0.717) is 16.1 Å². The zero-order valence-corrected chi connectivity index (χ0v) is 12.9. The standard InChI is InChI=1S/C15H13BrClFO/c1-8-5-10(6-9(2)14(8)16)15(19)12-7-11(18)3-4-13(12)17/h3-7,15,19H,1-2H3. The van der Waals surface area contributed by atoms with Crippen LogP contribution in [-0.2, 0) is 0 Å². The molecular formula is C15H13BrClFO. The van der Waals surface area contributed by atoms with Crippen molar-refractivity contribution in [1.82, 2.24) is 0 Å². The Morgan fingerprint density at radius 1 is 1.16 bits per heavy atom. The van der Waals surface area contributed by atoms with Crippen LogP contribution in [0.25, 0.3) is 0 Å². The SMILES string of the molecule is Cc1cc(C(O)c2cc(F)ccc2Cl)cc(C)c1Br. The highest BCUT2D eigenvalue weighted by Crippen LogP contribution is 2.32. The molecule has 0 heterocycles. The molecule has 0 saturated heterocycles. The number of aliphatic hydroxyl groups excluding tert-OH is 1. The third kappa shape index (κ3) is 2.99. The molecule has 4 heteroatoms. The first-order valence-electron chi connectivity index (χ1n) is 5.80. The predicted molar refractivity (Wildman–Crippen MR) is 79.1 cm³/mol. The van der Waals surface area contributed by atoms with Crippen LogP contribution in [0.15, 0.2) is 34.8 Å². The average molecular weight is 344 g/mol. The Hall–Kier alpha value is -0.900. The predicted octanol–water partition coefficient (Wildman–Crippen LogP) is 4.94. The summed E-state index contributed by atoms with van der Waals surface area (Å²) in [7, 11) is 0. The van der Waals surface area contributed by atoms with Crippen LogP contribution in [0.5, 0.6) is 0 Å². The highest BCUT2D eigenvalue weighted by Gasteiger charge is 2.16. The monoisotopic (exact) mass is 342 g/mol. The second-order valence-electron chi connectivity index (χ2n) is 4.54. The van der Waals surface area contributed by atoms with Gasteiger partial charge in [-0.05, 0) is 48.7 Å². The van der Waals surface area contributed by atoms with Gasteiger partial charge in [-0.2, -0.15) is 0 Å². The van der Waals surface area contributed by atoms with E-state index < -0.39 is 11.9 Å². The van der Waals surface area contributed by atoms with Gasteiger partial charge in [0.05, 0.1) is 0 Å². The minimum Gasteiger partial charge on any atom is -0.384 e. The van der Waals surface area contributed by atoms with Crippen molar-refractivity contribution in [3.05, 3.63) is 67.9 Å². The van der Waals surface area contributed by atoms with Gasteiger partial charge in [-0.15, -0.1) is 0 Å². The molecule has 0 amide bonds. The van der Waals surface area contributed by atoms with Crippen LogP contribution in [0, 0.1) is 19.7 Å². The number of halogens is 3. The Morgan fingerprint density at radius 2 is 1.74 bits per heavy atom. The lowest BCUT2D eigenvalue weighted by atomic mass is 9.98. The van der Waals surface area contributed by atoms with Crippen molar-refractivity contribution in [2.75, 3.05) is 0 Å². The number of aryl methyl sites for hydroxylation is 2. The Morgan fingerprint density at radius 3 is 2.32 bits per heavy atom. The summed E-state index contributed by atoms with van der Waals surface area (Å²) >= 11 is 9.49. The summed E-state index contributed by atoms with van der Waals surface area (Å²) in [5, 5.41) is 10.7. The summed E-state index contributed by atoms with van der Waals surface area (Å²) in [5.41, 5.74) is 3.11. The van der Waals surface area contributed by atoms with E-state index in [0.717, 1.165) is 15.6 Å². The molecule has 0 fully saturated rings. The molecule has 100 valence electrons. The Labute approximate surface area is 125 Å². The number of benzene rings is 2. The third-order valence-electron chi connectivity index (χ3n) is 3.03. The van der Waals surface area contributed by atoms with Crippen LogP contribution in [0.4, 0.5) is 4.39 Å². The third-order valence-corrected chi connectivity index (χ3v) is 4.62. The summed E-state index contributed by atoms with van der Waals surface area (Å²) in [5.74, 6) is -0.413. The number of hydrogen-bond acceptors (Lipinski definition) is 1. The number of rotatable bonds is 2. The Kier molecular flexibility index (Phi) is 4.29. The van der Waals surface area contributed by atoms with Gasteiger partial charge in [0.1, 0.15) is 11.9 Å². The van der Waals surface area contributed by atoms with Gasteiger partial charge in [-0.25, -0.2) is 4.39 Å². The molecule has 1 atom stereocenters. The summed E-state index contributed by atoms with van der Waals surface area (Å²) in [6.45, 7) is 3.89. The van der Waals surface area contributed by atoms with E-state index in [1.165, 1.54) is 18.2 Å². The first kappa shape index (κ1) is 14.5. The van der Waals surface area contributed by atoms with E-state index in [9.17, 15) is 9.50 Å². The van der Waals surface area contributed by atoms with Gasteiger partial charge in [-0.1, -0.05) is 39.7 Å². The van der Waals surface area contributed by atoms with Gasteiger partial charge in [-0.3, -0.25) is 0 Å². The lowest BCUT2D eigenvalue weighted by Crippen LogP contribution is -2.02. The molecular weight excluding hydrogens is 331 g/mol. The molecule has 1 N–H and O–H groups in total. The maximum absolute atomic E-state index is 13.3. The molecule has 2 aromatic carbocycles. The molecule has 0 aliphatic carbocycles. The fraction of sp³-hybridized carbons (Fsp3) is 0.200. The molecule has 0 bridgehead atoms. The smallest absolute Gasteiger partial charge is 0.123 e. The molecule has 19 heavy (non-hydrogen) atoms. The van der Waals surface area contributed by atoms with Crippen molar-refractivity contribution in [3.63, 3.8) is 0 Å². The van der Waals surface area contributed by atoms with Crippen LogP contribution in [0.1, 0.15) is 28.4 Å². The largest absolute Gasteiger partial charge is 0.384 e. The first-order chi connectivity index (χ1) is 8.90. The maximum atomic E-state index is 13.3. The zero-order valence-electron chi connectivity index (χ0n) is 10.5. The second kappa shape index (κ2) is 5.61. The van der Waals surface area contributed by atoms with Crippen LogP contribution in [0.3, 0.4) is 0 Å². The molecule has 2 rings (SSSR count). The Bertz CT molecular complexity index is 605. The van der Waals surface area contributed by atoms with Crippen LogP contribution in [-0.4, -0.2) is 5.11 Å². The van der Waals surface area contributed by atoms with E-state index in [1.54, 1.807) is 0 Å². The molecule has 0 spiro atoms. The van der Waals surface area contributed by atoms with Gasteiger partial charge >= 0.3 is 0 Å². The lowest BCUT2D eigenvalue weighted by molar-refractivity contribution is 0.219. The van der Waals surface area contributed by atoms with Gasteiger partial charge in [0.15, 0.2) is 0 Å². The molecule has 0 aliphatic heterocycles.